The number of carbonyl (C=O) groups is 1. The fourth-order valence-electron chi connectivity index (χ4n) is 3.08. The molecule has 1 aromatic carbocycles. The van der Waals surface area contributed by atoms with Gasteiger partial charge in [-0.05, 0) is 25.3 Å². The molecule has 2 aromatic rings. The minimum absolute atomic E-state index is 0.0545. The summed E-state index contributed by atoms with van der Waals surface area (Å²) in [6, 6.07) is 10.1. The average molecular weight is 295 g/mol. The standard InChI is InChI=1S/C17H17N3O2/c1-22-17(21)11-6-7-13(8-11)20-16-12(9-18)10-19-15-5-3-2-4-14(15)16/h2-5,10-11,13H,6-8H2,1H3,(H,19,20)/t11-,13+/m0/s1. The van der Waals surface area contributed by atoms with Crippen molar-refractivity contribution >= 4 is 22.6 Å². The molecule has 0 bridgehead atoms. The molecule has 22 heavy (non-hydrogen) atoms. The first-order valence-corrected chi connectivity index (χ1v) is 7.35. The number of pyridine rings is 1. The molecule has 0 saturated heterocycles. The molecule has 1 aromatic heterocycles. The van der Waals surface area contributed by atoms with Crippen LogP contribution in [0.2, 0.25) is 0 Å². The van der Waals surface area contributed by atoms with Crippen LogP contribution >= 0.6 is 0 Å². The van der Waals surface area contributed by atoms with E-state index in [2.05, 4.69) is 16.4 Å². The summed E-state index contributed by atoms with van der Waals surface area (Å²) >= 11 is 0. The van der Waals surface area contributed by atoms with Crippen molar-refractivity contribution in [1.82, 2.24) is 4.98 Å². The maximum Gasteiger partial charge on any atom is 0.308 e. The van der Waals surface area contributed by atoms with Crippen molar-refractivity contribution in [2.45, 2.75) is 25.3 Å². The van der Waals surface area contributed by atoms with E-state index in [0.29, 0.717) is 5.56 Å². The Kier molecular flexibility index (Phi) is 3.92. The highest BCUT2D eigenvalue weighted by atomic mass is 16.5. The minimum Gasteiger partial charge on any atom is -0.469 e. The molecule has 5 nitrogen and oxygen atoms in total. The van der Waals surface area contributed by atoms with E-state index in [9.17, 15) is 10.1 Å². The molecule has 112 valence electrons. The van der Waals surface area contributed by atoms with Crippen LogP contribution in [0.1, 0.15) is 24.8 Å². The Balaban J connectivity index is 1.88. The highest BCUT2D eigenvalue weighted by Crippen LogP contribution is 2.32. The van der Waals surface area contributed by atoms with Crippen molar-refractivity contribution in [2.24, 2.45) is 5.92 Å². The van der Waals surface area contributed by atoms with Crippen LogP contribution in [0.3, 0.4) is 0 Å². The molecule has 1 N–H and O–H groups in total. The lowest BCUT2D eigenvalue weighted by Gasteiger charge is -2.17. The average Bonchev–Trinajstić information content (AvgIpc) is 3.03. The van der Waals surface area contributed by atoms with E-state index in [4.69, 9.17) is 4.74 Å². The number of esters is 1. The summed E-state index contributed by atoms with van der Waals surface area (Å²) in [5.41, 5.74) is 2.19. The predicted molar refractivity (Wildman–Crippen MR) is 83.2 cm³/mol. The predicted octanol–water partition coefficient (Wildman–Crippen LogP) is 2.86. The fourth-order valence-corrected chi connectivity index (χ4v) is 3.08. The Hall–Kier alpha value is -2.61. The number of methoxy groups -OCH3 is 1. The summed E-state index contributed by atoms with van der Waals surface area (Å²) < 4.78 is 4.82. The van der Waals surface area contributed by atoms with Crippen LogP contribution in [0, 0.1) is 17.2 Å². The number of rotatable bonds is 3. The number of para-hydroxylation sites is 1. The van der Waals surface area contributed by atoms with Gasteiger partial charge in [0.2, 0.25) is 0 Å². The lowest BCUT2D eigenvalue weighted by atomic mass is 10.1. The zero-order valence-electron chi connectivity index (χ0n) is 12.4. The van der Waals surface area contributed by atoms with Crippen LogP contribution in [0.5, 0.6) is 0 Å². The number of fused-ring (bicyclic) bond motifs is 1. The van der Waals surface area contributed by atoms with E-state index >= 15 is 0 Å². The van der Waals surface area contributed by atoms with Gasteiger partial charge in [-0.2, -0.15) is 5.26 Å². The van der Waals surface area contributed by atoms with Gasteiger partial charge in [-0.25, -0.2) is 0 Å². The molecule has 0 spiro atoms. The molecule has 3 rings (SSSR count). The van der Waals surface area contributed by atoms with Crippen LogP contribution in [-0.2, 0) is 9.53 Å². The van der Waals surface area contributed by atoms with Gasteiger partial charge in [-0.1, -0.05) is 18.2 Å². The smallest absolute Gasteiger partial charge is 0.308 e. The Morgan fingerprint density at radius 1 is 1.41 bits per heavy atom. The van der Waals surface area contributed by atoms with Gasteiger partial charge < -0.3 is 10.1 Å². The van der Waals surface area contributed by atoms with Crippen LogP contribution in [0.4, 0.5) is 5.69 Å². The molecule has 2 atom stereocenters. The second-order valence-electron chi connectivity index (χ2n) is 5.55. The largest absolute Gasteiger partial charge is 0.469 e. The number of nitriles is 1. The molecule has 1 fully saturated rings. The third kappa shape index (κ3) is 2.60. The summed E-state index contributed by atoms with van der Waals surface area (Å²) in [5, 5.41) is 13.7. The van der Waals surface area contributed by atoms with Crippen molar-refractivity contribution in [3.63, 3.8) is 0 Å². The number of aromatic nitrogens is 1. The summed E-state index contributed by atoms with van der Waals surface area (Å²) in [4.78, 5) is 15.9. The SMILES string of the molecule is COC(=O)[C@H]1CC[C@@H](Nc2c(C#N)cnc3ccccc23)C1. The van der Waals surface area contributed by atoms with E-state index in [0.717, 1.165) is 35.9 Å². The van der Waals surface area contributed by atoms with Crippen molar-refractivity contribution < 1.29 is 9.53 Å². The van der Waals surface area contributed by atoms with Gasteiger partial charge in [0.1, 0.15) is 6.07 Å². The van der Waals surface area contributed by atoms with Crippen LogP contribution in [-0.4, -0.2) is 24.1 Å². The van der Waals surface area contributed by atoms with E-state index in [1.807, 2.05) is 24.3 Å². The highest BCUT2D eigenvalue weighted by Gasteiger charge is 2.31. The van der Waals surface area contributed by atoms with E-state index in [1.54, 1.807) is 6.20 Å². The zero-order chi connectivity index (χ0) is 15.5. The summed E-state index contributed by atoms with van der Waals surface area (Å²) in [7, 11) is 1.42. The molecule has 1 aliphatic carbocycles. The molecular weight excluding hydrogens is 278 g/mol. The molecular formula is C17H17N3O2. The molecule has 1 aliphatic rings. The molecule has 0 unspecified atom stereocenters. The van der Waals surface area contributed by atoms with Crippen molar-refractivity contribution in [3.05, 3.63) is 36.0 Å². The minimum atomic E-state index is -0.149. The van der Waals surface area contributed by atoms with E-state index in [1.165, 1.54) is 7.11 Å². The first-order chi connectivity index (χ1) is 10.7. The quantitative estimate of drug-likeness (QED) is 0.881. The second kappa shape index (κ2) is 6.02. The highest BCUT2D eigenvalue weighted by molar-refractivity contribution is 5.94. The maximum absolute atomic E-state index is 11.6. The van der Waals surface area contributed by atoms with Gasteiger partial charge in [0, 0.05) is 17.6 Å². The Labute approximate surface area is 128 Å². The molecule has 0 aliphatic heterocycles. The summed E-state index contributed by atoms with van der Waals surface area (Å²) in [6.07, 6.45) is 4.03. The van der Waals surface area contributed by atoms with Crippen LogP contribution < -0.4 is 5.32 Å². The lowest BCUT2D eigenvalue weighted by molar-refractivity contribution is -0.145. The molecule has 1 saturated carbocycles. The Morgan fingerprint density at radius 3 is 3.00 bits per heavy atom. The number of anilines is 1. The van der Waals surface area contributed by atoms with Gasteiger partial charge in [0.05, 0.1) is 29.8 Å². The third-order valence-corrected chi connectivity index (χ3v) is 4.21. The van der Waals surface area contributed by atoms with Crippen LogP contribution in [0.25, 0.3) is 10.9 Å². The number of ether oxygens (including phenoxy) is 1. The molecule has 1 heterocycles. The summed E-state index contributed by atoms with van der Waals surface area (Å²) in [5.74, 6) is -0.203. The van der Waals surface area contributed by atoms with Gasteiger partial charge >= 0.3 is 5.97 Å². The number of nitrogens with zero attached hydrogens (tertiary/aromatic N) is 2. The van der Waals surface area contributed by atoms with Gasteiger partial charge in [0.25, 0.3) is 0 Å². The number of hydrogen-bond acceptors (Lipinski definition) is 5. The number of nitrogens with one attached hydrogen (secondary N) is 1. The van der Waals surface area contributed by atoms with Crippen molar-refractivity contribution in [2.75, 3.05) is 12.4 Å². The van der Waals surface area contributed by atoms with Crippen LogP contribution in [0.15, 0.2) is 30.5 Å². The maximum atomic E-state index is 11.6. The molecule has 5 heteroatoms. The topological polar surface area (TPSA) is 75.0 Å². The zero-order valence-corrected chi connectivity index (χ0v) is 12.4. The van der Waals surface area contributed by atoms with E-state index in [-0.39, 0.29) is 17.9 Å². The second-order valence-corrected chi connectivity index (χ2v) is 5.55. The van der Waals surface area contributed by atoms with Crippen molar-refractivity contribution in [1.29, 1.82) is 5.26 Å². The van der Waals surface area contributed by atoms with Gasteiger partial charge in [-0.15, -0.1) is 0 Å². The number of hydrogen-bond donors (Lipinski definition) is 1. The normalized spacial score (nSPS) is 20.5. The van der Waals surface area contributed by atoms with E-state index < -0.39 is 0 Å². The monoisotopic (exact) mass is 295 g/mol. The van der Waals surface area contributed by atoms with Gasteiger partial charge in [-0.3, -0.25) is 9.78 Å². The first kappa shape index (κ1) is 14.3. The first-order valence-electron chi connectivity index (χ1n) is 7.35. The molecule has 0 amide bonds. The Bertz CT molecular complexity index is 751. The fraction of sp³-hybridized carbons (Fsp3) is 0.353. The number of carbonyl (C=O) groups excluding carboxylic acids is 1. The Morgan fingerprint density at radius 2 is 2.23 bits per heavy atom. The van der Waals surface area contributed by atoms with Crippen molar-refractivity contribution in [3.8, 4) is 6.07 Å². The lowest BCUT2D eigenvalue weighted by Crippen LogP contribution is -2.19. The third-order valence-electron chi connectivity index (χ3n) is 4.21. The van der Waals surface area contributed by atoms with Gasteiger partial charge in [0.15, 0.2) is 0 Å². The summed E-state index contributed by atoms with van der Waals surface area (Å²) in [6.45, 7) is 0. The molecule has 0 radical (unpaired) electrons. The number of benzene rings is 1.